The number of carbonyl (C=O) groups excluding carboxylic acids is 1. The van der Waals surface area contributed by atoms with Gasteiger partial charge >= 0.3 is 6.61 Å². The van der Waals surface area contributed by atoms with E-state index in [1.165, 1.54) is 24.3 Å². The monoisotopic (exact) mass is 283 g/mol. The topological polar surface area (TPSA) is 38.3 Å². The quantitative estimate of drug-likeness (QED) is 0.917. The van der Waals surface area contributed by atoms with E-state index in [2.05, 4.69) is 17.0 Å². The van der Waals surface area contributed by atoms with Crippen molar-refractivity contribution in [3.8, 4) is 5.75 Å². The maximum Gasteiger partial charge on any atom is 0.387 e. The normalized spacial score (nSPS) is 22.6. The zero-order valence-corrected chi connectivity index (χ0v) is 11.4. The Labute approximate surface area is 117 Å². The van der Waals surface area contributed by atoms with Crippen LogP contribution in [0.4, 0.5) is 8.78 Å². The van der Waals surface area contributed by atoms with Crippen LogP contribution < -0.4 is 10.1 Å². The van der Waals surface area contributed by atoms with Crippen molar-refractivity contribution in [2.45, 2.75) is 45.3 Å². The van der Waals surface area contributed by atoms with Crippen LogP contribution in [0.3, 0.4) is 0 Å². The van der Waals surface area contributed by atoms with Gasteiger partial charge in [-0.25, -0.2) is 0 Å². The molecule has 0 atom stereocenters. The average molecular weight is 283 g/mol. The van der Waals surface area contributed by atoms with Crippen LogP contribution in [-0.2, 0) is 0 Å². The van der Waals surface area contributed by atoms with E-state index in [9.17, 15) is 13.6 Å². The van der Waals surface area contributed by atoms with Crippen LogP contribution in [-0.4, -0.2) is 18.6 Å². The average Bonchev–Trinajstić information content (AvgIpc) is 2.41. The first-order valence-corrected chi connectivity index (χ1v) is 6.90. The van der Waals surface area contributed by atoms with Crippen LogP contribution in [0.25, 0.3) is 0 Å². The summed E-state index contributed by atoms with van der Waals surface area (Å²) < 4.78 is 28.3. The maximum atomic E-state index is 12.0. The molecule has 0 aromatic heterocycles. The van der Waals surface area contributed by atoms with Gasteiger partial charge in [-0.3, -0.25) is 4.79 Å². The Morgan fingerprint density at radius 3 is 2.35 bits per heavy atom. The Balaban J connectivity index is 1.89. The lowest BCUT2D eigenvalue weighted by atomic mass is 9.87. The van der Waals surface area contributed by atoms with E-state index in [4.69, 9.17) is 0 Å². The third-order valence-corrected chi connectivity index (χ3v) is 3.69. The second kappa shape index (κ2) is 6.68. The van der Waals surface area contributed by atoms with Crippen LogP contribution in [0.1, 0.15) is 43.0 Å². The summed E-state index contributed by atoms with van der Waals surface area (Å²) >= 11 is 0. The van der Waals surface area contributed by atoms with Crippen LogP contribution in [0.5, 0.6) is 5.75 Å². The zero-order chi connectivity index (χ0) is 14.5. The highest BCUT2D eigenvalue weighted by Gasteiger charge is 2.20. The van der Waals surface area contributed by atoms with E-state index in [0.717, 1.165) is 31.6 Å². The molecule has 0 aliphatic heterocycles. The van der Waals surface area contributed by atoms with E-state index < -0.39 is 6.61 Å². The van der Waals surface area contributed by atoms with Crippen molar-refractivity contribution in [3.05, 3.63) is 29.8 Å². The van der Waals surface area contributed by atoms with Crippen LogP contribution in [0.2, 0.25) is 0 Å². The predicted octanol–water partition coefficient (Wildman–Crippen LogP) is 3.60. The Kier molecular flexibility index (Phi) is 4.93. The number of hydrogen-bond donors (Lipinski definition) is 1. The largest absolute Gasteiger partial charge is 0.435 e. The molecule has 5 heteroatoms. The molecule has 0 heterocycles. The molecule has 0 bridgehead atoms. The van der Waals surface area contributed by atoms with E-state index >= 15 is 0 Å². The fraction of sp³-hybridized carbons (Fsp3) is 0.533. The minimum Gasteiger partial charge on any atom is -0.435 e. The molecule has 1 fully saturated rings. The molecule has 1 aliphatic carbocycles. The first-order chi connectivity index (χ1) is 9.54. The van der Waals surface area contributed by atoms with Gasteiger partial charge < -0.3 is 10.1 Å². The molecular formula is C15H19F2NO2. The summed E-state index contributed by atoms with van der Waals surface area (Å²) in [5, 5.41) is 2.99. The van der Waals surface area contributed by atoms with Crippen molar-refractivity contribution < 1.29 is 18.3 Å². The lowest BCUT2D eigenvalue weighted by molar-refractivity contribution is -0.0498. The van der Waals surface area contributed by atoms with E-state index in [1.54, 1.807) is 0 Å². The van der Waals surface area contributed by atoms with Gasteiger partial charge in [-0.15, -0.1) is 0 Å². The van der Waals surface area contributed by atoms with Gasteiger partial charge in [0.2, 0.25) is 0 Å². The summed E-state index contributed by atoms with van der Waals surface area (Å²) in [5.41, 5.74) is 0.463. The molecule has 1 N–H and O–H groups in total. The molecule has 1 aliphatic rings. The molecule has 1 amide bonds. The molecule has 1 saturated carbocycles. The molecule has 0 radical (unpaired) electrons. The maximum absolute atomic E-state index is 12.0. The number of benzene rings is 1. The van der Waals surface area contributed by atoms with E-state index in [-0.39, 0.29) is 17.7 Å². The van der Waals surface area contributed by atoms with E-state index in [1.807, 2.05) is 0 Å². The molecule has 20 heavy (non-hydrogen) atoms. The van der Waals surface area contributed by atoms with Crippen LogP contribution in [0.15, 0.2) is 24.3 Å². The molecule has 1 aromatic rings. The fourth-order valence-electron chi connectivity index (χ4n) is 2.46. The first-order valence-electron chi connectivity index (χ1n) is 6.90. The highest BCUT2D eigenvalue weighted by molar-refractivity contribution is 5.94. The van der Waals surface area contributed by atoms with Crippen molar-refractivity contribution >= 4 is 5.91 Å². The number of nitrogens with one attached hydrogen (secondary N) is 1. The van der Waals surface area contributed by atoms with Crippen molar-refractivity contribution in [1.29, 1.82) is 0 Å². The fourth-order valence-corrected chi connectivity index (χ4v) is 2.46. The van der Waals surface area contributed by atoms with Gasteiger partial charge in [-0.2, -0.15) is 8.78 Å². The first kappa shape index (κ1) is 14.8. The third-order valence-electron chi connectivity index (χ3n) is 3.69. The molecule has 0 spiro atoms. The summed E-state index contributed by atoms with van der Waals surface area (Å²) in [7, 11) is 0. The van der Waals surface area contributed by atoms with Gasteiger partial charge in [-0.1, -0.05) is 6.92 Å². The lowest BCUT2D eigenvalue weighted by Gasteiger charge is -2.26. The van der Waals surface area contributed by atoms with Gasteiger partial charge in [-0.05, 0) is 55.9 Å². The summed E-state index contributed by atoms with van der Waals surface area (Å²) in [6.07, 6.45) is 4.26. The summed E-state index contributed by atoms with van der Waals surface area (Å²) in [4.78, 5) is 12.0. The number of halogens is 2. The van der Waals surface area contributed by atoms with Crippen molar-refractivity contribution in [2.75, 3.05) is 0 Å². The van der Waals surface area contributed by atoms with E-state index in [0.29, 0.717) is 5.56 Å². The highest BCUT2D eigenvalue weighted by Crippen LogP contribution is 2.23. The lowest BCUT2D eigenvalue weighted by Crippen LogP contribution is -2.37. The van der Waals surface area contributed by atoms with Gasteiger partial charge in [0.05, 0.1) is 0 Å². The predicted molar refractivity (Wildman–Crippen MR) is 72.0 cm³/mol. The van der Waals surface area contributed by atoms with Gasteiger partial charge in [0.15, 0.2) is 0 Å². The number of carbonyl (C=O) groups is 1. The number of amides is 1. The molecule has 1 aromatic carbocycles. The zero-order valence-electron chi connectivity index (χ0n) is 11.4. The summed E-state index contributed by atoms with van der Waals surface area (Å²) in [6.45, 7) is -0.626. The number of hydrogen-bond acceptors (Lipinski definition) is 2. The standard InChI is InChI=1S/C15H19F2NO2/c1-10-2-6-12(7-3-10)18-14(19)11-4-8-13(9-5-11)20-15(16)17/h4-5,8-10,12,15H,2-3,6-7H2,1H3,(H,18,19). The number of alkyl halides is 2. The second-order valence-electron chi connectivity index (χ2n) is 5.33. The minimum atomic E-state index is -2.85. The molecular weight excluding hydrogens is 264 g/mol. The Morgan fingerprint density at radius 1 is 1.20 bits per heavy atom. The van der Waals surface area contributed by atoms with Crippen LogP contribution in [0, 0.1) is 5.92 Å². The molecule has 2 rings (SSSR count). The Bertz CT molecular complexity index is 440. The number of ether oxygens (including phenoxy) is 1. The van der Waals surface area contributed by atoms with Crippen LogP contribution >= 0.6 is 0 Å². The smallest absolute Gasteiger partial charge is 0.387 e. The molecule has 0 unspecified atom stereocenters. The van der Waals surface area contributed by atoms with Gasteiger partial charge in [0.25, 0.3) is 5.91 Å². The van der Waals surface area contributed by atoms with Crippen molar-refractivity contribution in [2.24, 2.45) is 5.92 Å². The summed E-state index contributed by atoms with van der Waals surface area (Å²) in [5.74, 6) is 0.630. The van der Waals surface area contributed by atoms with Crippen molar-refractivity contribution in [3.63, 3.8) is 0 Å². The highest BCUT2D eigenvalue weighted by atomic mass is 19.3. The number of rotatable bonds is 4. The van der Waals surface area contributed by atoms with Gasteiger partial charge in [0.1, 0.15) is 5.75 Å². The Morgan fingerprint density at radius 2 is 1.80 bits per heavy atom. The second-order valence-corrected chi connectivity index (χ2v) is 5.33. The minimum absolute atomic E-state index is 0.0584. The molecule has 3 nitrogen and oxygen atoms in total. The Hall–Kier alpha value is -1.65. The molecule has 110 valence electrons. The summed E-state index contributed by atoms with van der Waals surface area (Å²) in [6, 6.07) is 5.97. The van der Waals surface area contributed by atoms with Crippen molar-refractivity contribution in [1.82, 2.24) is 5.32 Å². The SMILES string of the molecule is CC1CCC(NC(=O)c2ccc(OC(F)F)cc2)CC1. The molecule has 0 saturated heterocycles. The van der Waals surface area contributed by atoms with Gasteiger partial charge in [0, 0.05) is 11.6 Å². The third kappa shape index (κ3) is 4.18.